The molecule has 2 aromatic rings. The molecule has 0 N–H and O–H groups in total. The quantitative estimate of drug-likeness (QED) is 0.651. The summed E-state index contributed by atoms with van der Waals surface area (Å²) in [7, 11) is 1.98. The summed E-state index contributed by atoms with van der Waals surface area (Å²) >= 11 is 5.14. The molecule has 0 bridgehead atoms. The Morgan fingerprint density at radius 2 is 1.96 bits per heavy atom. The fraction of sp³-hybridized carbons (Fsp3) is 0.500. The summed E-state index contributed by atoms with van der Waals surface area (Å²) in [6.45, 7) is 5.18. The van der Waals surface area contributed by atoms with Crippen LogP contribution in [0, 0.1) is 0 Å². The highest BCUT2D eigenvalue weighted by atomic mass is 79.9. The van der Waals surface area contributed by atoms with E-state index in [1.165, 1.54) is 0 Å². The summed E-state index contributed by atoms with van der Waals surface area (Å²) in [5.74, 6) is 2.65. The van der Waals surface area contributed by atoms with E-state index in [4.69, 9.17) is 9.47 Å². The second kappa shape index (κ2) is 8.84. The third-order valence-corrected chi connectivity index (χ3v) is 5.38. The zero-order chi connectivity index (χ0) is 16.8. The number of hydrogen-bond donors (Lipinski definition) is 0. The molecule has 0 aliphatic carbocycles. The van der Waals surface area contributed by atoms with Gasteiger partial charge >= 0.3 is 0 Å². The Labute approximate surface area is 154 Å². The molecule has 3 rings (SSSR count). The largest absolute Gasteiger partial charge is 0.486 e. The zero-order valence-electron chi connectivity index (χ0n) is 13.7. The van der Waals surface area contributed by atoms with Crippen LogP contribution >= 0.6 is 27.7 Å². The van der Waals surface area contributed by atoms with Crippen molar-refractivity contribution >= 4 is 27.7 Å². The van der Waals surface area contributed by atoms with Crippen molar-refractivity contribution in [3.05, 3.63) is 34.6 Å². The zero-order valence-corrected chi connectivity index (χ0v) is 16.1. The van der Waals surface area contributed by atoms with Gasteiger partial charge in [0.15, 0.2) is 11.0 Å². The molecule has 1 aromatic carbocycles. The minimum absolute atomic E-state index is 0.412. The van der Waals surface area contributed by atoms with Crippen LogP contribution in [0.1, 0.15) is 5.82 Å². The van der Waals surface area contributed by atoms with Crippen LogP contribution in [0.15, 0.2) is 33.9 Å². The molecule has 24 heavy (non-hydrogen) atoms. The molecule has 1 aliphatic heterocycles. The predicted molar refractivity (Wildman–Crippen MR) is 97.5 cm³/mol. The highest BCUT2D eigenvalue weighted by Crippen LogP contribution is 2.19. The van der Waals surface area contributed by atoms with Gasteiger partial charge in [0.1, 0.15) is 12.4 Å². The van der Waals surface area contributed by atoms with Gasteiger partial charge in [-0.2, -0.15) is 0 Å². The van der Waals surface area contributed by atoms with E-state index in [0.717, 1.165) is 59.8 Å². The van der Waals surface area contributed by atoms with Crippen molar-refractivity contribution in [2.24, 2.45) is 7.05 Å². The Hall–Kier alpha value is -1.09. The molecular weight excluding hydrogens is 392 g/mol. The van der Waals surface area contributed by atoms with Gasteiger partial charge in [-0.25, -0.2) is 0 Å². The van der Waals surface area contributed by atoms with Crippen LogP contribution < -0.4 is 4.74 Å². The number of morpholine rings is 1. The Balaban J connectivity index is 1.47. The van der Waals surface area contributed by atoms with Gasteiger partial charge in [-0.05, 0) is 24.3 Å². The molecular formula is C16H21BrN4O2S. The molecule has 8 heteroatoms. The number of benzene rings is 1. The third kappa shape index (κ3) is 4.95. The van der Waals surface area contributed by atoms with Crippen molar-refractivity contribution in [3.8, 4) is 5.75 Å². The highest BCUT2D eigenvalue weighted by molar-refractivity contribution is 9.10. The summed E-state index contributed by atoms with van der Waals surface area (Å²) in [4.78, 5) is 2.42. The molecule has 0 spiro atoms. The SMILES string of the molecule is Cn1c(COc2ccc(Br)cc2)nnc1SCCN1CCOCC1. The van der Waals surface area contributed by atoms with Gasteiger partial charge in [-0.15, -0.1) is 10.2 Å². The minimum Gasteiger partial charge on any atom is -0.486 e. The van der Waals surface area contributed by atoms with E-state index in [-0.39, 0.29) is 0 Å². The molecule has 1 saturated heterocycles. The van der Waals surface area contributed by atoms with E-state index >= 15 is 0 Å². The van der Waals surface area contributed by atoms with Crippen molar-refractivity contribution in [2.45, 2.75) is 11.8 Å². The number of hydrogen-bond acceptors (Lipinski definition) is 6. The van der Waals surface area contributed by atoms with Gasteiger partial charge in [0, 0.05) is 36.9 Å². The molecule has 0 amide bonds. The lowest BCUT2D eigenvalue weighted by Crippen LogP contribution is -2.37. The Bertz CT molecular complexity index is 644. The average Bonchev–Trinajstić information content (AvgIpc) is 2.96. The average molecular weight is 413 g/mol. The maximum atomic E-state index is 5.77. The molecule has 1 aromatic heterocycles. The van der Waals surface area contributed by atoms with Crippen LogP contribution in [0.5, 0.6) is 5.75 Å². The smallest absolute Gasteiger partial charge is 0.191 e. The molecule has 2 heterocycles. The Kier molecular flexibility index (Phi) is 6.53. The number of ether oxygens (including phenoxy) is 2. The first-order valence-electron chi connectivity index (χ1n) is 7.92. The first kappa shape index (κ1) is 17.7. The summed E-state index contributed by atoms with van der Waals surface area (Å²) in [6.07, 6.45) is 0. The van der Waals surface area contributed by atoms with Crippen molar-refractivity contribution in [2.75, 3.05) is 38.6 Å². The summed E-state index contributed by atoms with van der Waals surface area (Å²) in [6, 6.07) is 7.77. The number of aromatic nitrogens is 3. The van der Waals surface area contributed by atoms with E-state index in [9.17, 15) is 0 Å². The summed E-state index contributed by atoms with van der Waals surface area (Å²) in [5.41, 5.74) is 0. The Morgan fingerprint density at radius 3 is 2.71 bits per heavy atom. The van der Waals surface area contributed by atoms with E-state index < -0.39 is 0 Å². The second-order valence-electron chi connectivity index (χ2n) is 5.50. The van der Waals surface area contributed by atoms with E-state index in [2.05, 4.69) is 31.0 Å². The number of halogens is 1. The number of rotatable bonds is 7. The predicted octanol–water partition coefficient (Wildman–Crippen LogP) is 2.58. The van der Waals surface area contributed by atoms with Crippen LogP contribution in [0.25, 0.3) is 0 Å². The highest BCUT2D eigenvalue weighted by Gasteiger charge is 2.13. The van der Waals surface area contributed by atoms with Gasteiger partial charge < -0.3 is 14.0 Å². The lowest BCUT2D eigenvalue weighted by Gasteiger charge is -2.26. The maximum absolute atomic E-state index is 5.77. The summed E-state index contributed by atoms with van der Waals surface area (Å²) < 4.78 is 14.2. The minimum atomic E-state index is 0.412. The van der Waals surface area contributed by atoms with Gasteiger partial charge in [0.05, 0.1) is 13.2 Å². The van der Waals surface area contributed by atoms with Gasteiger partial charge in [-0.3, -0.25) is 4.90 Å². The normalized spacial score (nSPS) is 15.6. The van der Waals surface area contributed by atoms with Gasteiger partial charge in [-0.1, -0.05) is 27.7 Å². The van der Waals surface area contributed by atoms with Crippen LogP contribution in [-0.4, -0.2) is 58.3 Å². The van der Waals surface area contributed by atoms with E-state index in [1.54, 1.807) is 11.8 Å². The third-order valence-electron chi connectivity index (χ3n) is 3.85. The molecule has 0 atom stereocenters. The number of nitrogens with zero attached hydrogens (tertiary/aromatic N) is 4. The molecule has 0 radical (unpaired) electrons. The lowest BCUT2D eigenvalue weighted by molar-refractivity contribution is 0.0410. The van der Waals surface area contributed by atoms with Crippen LogP contribution in [-0.2, 0) is 18.4 Å². The van der Waals surface area contributed by atoms with Crippen molar-refractivity contribution in [1.82, 2.24) is 19.7 Å². The second-order valence-corrected chi connectivity index (χ2v) is 7.48. The standard InChI is InChI=1S/C16H21BrN4O2S/c1-20-15(12-23-14-4-2-13(17)3-5-14)18-19-16(20)24-11-8-21-6-9-22-10-7-21/h2-5H,6-12H2,1H3. The van der Waals surface area contributed by atoms with Crippen molar-refractivity contribution < 1.29 is 9.47 Å². The maximum Gasteiger partial charge on any atom is 0.191 e. The van der Waals surface area contributed by atoms with Crippen molar-refractivity contribution in [1.29, 1.82) is 0 Å². The van der Waals surface area contributed by atoms with Crippen molar-refractivity contribution in [3.63, 3.8) is 0 Å². The van der Waals surface area contributed by atoms with Crippen LogP contribution in [0.4, 0.5) is 0 Å². The summed E-state index contributed by atoms with van der Waals surface area (Å²) in [5, 5.41) is 9.44. The molecule has 6 nitrogen and oxygen atoms in total. The van der Waals surface area contributed by atoms with E-state index in [0.29, 0.717) is 6.61 Å². The Morgan fingerprint density at radius 1 is 1.21 bits per heavy atom. The lowest BCUT2D eigenvalue weighted by atomic mass is 10.3. The fourth-order valence-corrected chi connectivity index (χ4v) is 3.56. The molecule has 1 aliphatic rings. The molecule has 130 valence electrons. The van der Waals surface area contributed by atoms with E-state index in [1.807, 2.05) is 35.9 Å². The first-order chi connectivity index (χ1) is 11.7. The first-order valence-corrected chi connectivity index (χ1v) is 9.70. The van der Waals surface area contributed by atoms with Crippen LogP contribution in [0.3, 0.4) is 0 Å². The monoisotopic (exact) mass is 412 g/mol. The molecule has 0 unspecified atom stereocenters. The van der Waals surface area contributed by atoms with Gasteiger partial charge in [0.25, 0.3) is 0 Å². The number of thioether (sulfide) groups is 1. The topological polar surface area (TPSA) is 52.4 Å². The fourth-order valence-electron chi connectivity index (χ4n) is 2.37. The molecule has 0 saturated carbocycles. The van der Waals surface area contributed by atoms with Crippen LogP contribution in [0.2, 0.25) is 0 Å². The van der Waals surface area contributed by atoms with Gasteiger partial charge in [0.2, 0.25) is 0 Å². The molecule has 1 fully saturated rings.